The number of hydrogen-bond donors (Lipinski definition) is 0. The Kier molecular flexibility index (Phi) is 5.47. The van der Waals surface area contributed by atoms with Gasteiger partial charge in [0.2, 0.25) is 0 Å². The van der Waals surface area contributed by atoms with E-state index in [1.165, 1.54) is 5.57 Å². The van der Waals surface area contributed by atoms with Crippen LogP contribution in [0.1, 0.15) is 41.5 Å². The molecule has 0 radical (unpaired) electrons. The van der Waals surface area contributed by atoms with Gasteiger partial charge in [0.25, 0.3) is 0 Å². The van der Waals surface area contributed by atoms with Crippen LogP contribution in [0.15, 0.2) is 12.2 Å². The Balaban J connectivity index is 4.52. The quantitative estimate of drug-likeness (QED) is 0.477. The second kappa shape index (κ2) is 5.50. The monoisotopic (exact) mass is 242 g/mol. The van der Waals surface area contributed by atoms with Gasteiger partial charge in [-0.15, -0.1) is 0 Å². The third-order valence-electron chi connectivity index (χ3n) is 4.53. The first kappa shape index (κ1) is 15.9. The lowest BCUT2D eigenvalue weighted by molar-refractivity contribution is 0.239. The maximum atomic E-state index is 6.26. The van der Waals surface area contributed by atoms with Crippen LogP contribution in [0.4, 0.5) is 0 Å². The lowest BCUT2D eigenvalue weighted by Crippen LogP contribution is -2.46. The number of rotatable bonds is 6. The molecule has 0 unspecified atom stereocenters. The van der Waals surface area contributed by atoms with E-state index < -0.39 is 8.32 Å². The van der Waals surface area contributed by atoms with Gasteiger partial charge in [-0.2, -0.15) is 0 Å². The summed E-state index contributed by atoms with van der Waals surface area (Å²) in [7, 11) is -1.64. The van der Waals surface area contributed by atoms with Crippen LogP contribution in [-0.4, -0.2) is 14.9 Å². The fraction of sp³-hybridized carbons (Fsp3) is 0.857. The van der Waals surface area contributed by atoms with Gasteiger partial charge in [0, 0.05) is 6.61 Å². The summed E-state index contributed by atoms with van der Waals surface area (Å²) in [4.78, 5) is 0. The minimum Gasteiger partial charge on any atom is -0.416 e. The maximum Gasteiger partial charge on any atom is 0.192 e. The molecule has 2 heteroatoms. The molecule has 0 bridgehead atoms. The molecule has 0 saturated carbocycles. The lowest BCUT2D eigenvalue weighted by atomic mass is 9.99. The largest absolute Gasteiger partial charge is 0.416 e. The first-order valence-corrected chi connectivity index (χ1v) is 9.22. The summed E-state index contributed by atoms with van der Waals surface area (Å²) in [5, 5.41) is 0.307. The molecule has 0 amide bonds. The van der Waals surface area contributed by atoms with Gasteiger partial charge in [-0.1, -0.05) is 46.8 Å². The van der Waals surface area contributed by atoms with E-state index in [2.05, 4.69) is 61.2 Å². The van der Waals surface area contributed by atoms with Crippen molar-refractivity contribution in [3.05, 3.63) is 12.2 Å². The molecule has 0 rings (SSSR count). The molecule has 0 aliphatic heterocycles. The SMILES string of the molecule is C=C(C)[C@H](C)CO[Si](C)(C)C(C)(C)C(C)C. The fourth-order valence-corrected chi connectivity index (χ4v) is 3.79. The smallest absolute Gasteiger partial charge is 0.192 e. The molecule has 0 saturated heterocycles. The summed E-state index contributed by atoms with van der Waals surface area (Å²) in [6, 6.07) is 0. The Morgan fingerprint density at radius 2 is 1.69 bits per heavy atom. The Hall–Kier alpha value is -0.0831. The maximum absolute atomic E-state index is 6.26. The third kappa shape index (κ3) is 3.74. The highest BCUT2D eigenvalue weighted by Gasteiger charge is 2.43. The minimum atomic E-state index is -1.64. The van der Waals surface area contributed by atoms with E-state index in [-0.39, 0.29) is 0 Å². The summed E-state index contributed by atoms with van der Waals surface area (Å²) < 4.78 is 6.26. The molecule has 96 valence electrons. The van der Waals surface area contributed by atoms with Crippen LogP contribution in [-0.2, 0) is 4.43 Å². The van der Waals surface area contributed by atoms with Crippen molar-refractivity contribution in [1.29, 1.82) is 0 Å². The van der Waals surface area contributed by atoms with Crippen LogP contribution in [0.5, 0.6) is 0 Å². The second-order valence-electron chi connectivity index (χ2n) is 6.45. The van der Waals surface area contributed by atoms with E-state index in [1.807, 2.05) is 0 Å². The molecule has 0 aromatic carbocycles. The van der Waals surface area contributed by atoms with E-state index in [1.54, 1.807) is 0 Å². The predicted octanol–water partition coefficient (Wildman–Crippen LogP) is 4.86. The first-order chi connectivity index (χ1) is 7.02. The molecule has 16 heavy (non-hydrogen) atoms. The third-order valence-corrected chi connectivity index (χ3v) is 9.10. The average Bonchev–Trinajstić information content (AvgIpc) is 2.13. The van der Waals surface area contributed by atoms with Crippen LogP contribution in [0, 0.1) is 11.8 Å². The van der Waals surface area contributed by atoms with Gasteiger partial charge < -0.3 is 4.43 Å². The molecule has 1 nitrogen and oxygen atoms in total. The van der Waals surface area contributed by atoms with Crippen LogP contribution < -0.4 is 0 Å². The molecule has 0 aliphatic carbocycles. The van der Waals surface area contributed by atoms with Crippen molar-refractivity contribution in [3.8, 4) is 0 Å². The van der Waals surface area contributed by atoms with Crippen molar-refractivity contribution in [2.75, 3.05) is 6.61 Å². The van der Waals surface area contributed by atoms with Gasteiger partial charge in [-0.25, -0.2) is 0 Å². The van der Waals surface area contributed by atoms with Crippen molar-refractivity contribution >= 4 is 8.32 Å². The molecule has 0 spiro atoms. The zero-order chi connectivity index (χ0) is 13.1. The highest BCUT2D eigenvalue weighted by atomic mass is 28.4. The number of hydrogen-bond acceptors (Lipinski definition) is 1. The molecule has 1 atom stereocenters. The highest BCUT2D eigenvalue weighted by molar-refractivity contribution is 6.74. The standard InChI is InChI=1S/C14H30OSi/c1-11(2)13(5)10-15-16(8,9)14(6,7)12(3)4/h12-13H,1,10H2,2-9H3/t13-/m1/s1. The lowest BCUT2D eigenvalue weighted by Gasteiger charge is -2.43. The molecule has 0 aromatic heterocycles. The molecule has 0 N–H and O–H groups in total. The summed E-state index contributed by atoms with van der Waals surface area (Å²) in [5.74, 6) is 1.13. The molecule has 0 aliphatic rings. The van der Waals surface area contributed by atoms with Gasteiger partial charge in [0.15, 0.2) is 8.32 Å². The summed E-state index contributed by atoms with van der Waals surface area (Å²) >= 11 is 0. The highest BCUT2D eigenvalue weighted by Crippen LogP contribution is 2.44. The van der Waals surface area contributed by atoms with Crippen molar-refractivity contribution in [3.63, 3.8) is 0 Å². The predicted molar refractivity (Wildman–Crippen MR) is 76.3 cm³/mol. The Morgan fingerprint density at radius 3 is 2.00 bits per heavy atom. The van der Waals surface area contributed by atoms with Crippen molar-refractivity contribution in [2.24, 2.45) is 11.8 Å². The Morgan fingerprint density at radius 1 is 1.25 bits per heavy atom. The molecule has 0 fully saturated rings. The van der Waals surface area contributed by atoms with Gasteiger partial charge in [0.1, 0.15) is 0 Å². The normalized spacial score (nSPS) is 15.3. The van der Waals surface area contributed by atoms with Gasteiger partial charge in [-0.3, -0.25) is 0 Å². The zero-order valence-corrected chi connectivity index (χ0v) is 13.5. The molecular formula is C14H30OSi. The minimum absolute atomic E-state index is 0.307. The van der Waals surface area contributed by atoms with Crippen LogP contribution >= 0.6 is 0 Å². The van der Waals surface area contributed by atoms with Crippen LogP contribution in [0.3, 0.4) is 0 Å². The van der Waals surface area contributed by atoms with Gasteiger partial charge >= 0.3 is 0 Å². The topological polar surface area (TPSA) is 9.23 Å². The molecular weight excluding hydrogens is 212 g/mol. The summed E-state index contributed by atoms with van der Waals surface area (Å²) in [6.07, 6.45) is 0. The van der Waals surface area contributed by atoms with Crippen molar-refractivity contribution in [1.82, 2.24) is 0 Å². The van der Waals surface area contributed by atoms with Crippen LogP contribution in [0.2, 0.25) is 18.1 Å². The molecule has 0 heterocycles. The summed E-state index contributed by atoms with van der Waals surface area (Å²) in [5.41, 5.74) is 1.21. The molecule has 0 aromatic rings. The second-order valence-corrected chi connectivity index (χ2v) is 11.0. The van der Waals surface area contributed by atoms with Gasteiger partial charge in [-0.05, 0) is 36.9 Å². The van der Waals surface area contributed by atoms with Crippen molar-refractivity contribution < 1.29 is 4.43 Å². The van der Waals surface area contributed by atoms with E-state index in [9.17, 15) is 0 Å². The average molecular weight is 242 g/mol. The van der Waals surface area contributed by atoms with E-state index >= 15 is 0 Å². The zero-order valence-electron chi connectivity index (χ0n) is 12.5. The van der Waals surface area contributed by atoms with Crippen LogP contribution in [0.25, 0.3) is 0 Å². The van der Waals surface area contributed by atoms with Crippen molar-refractivity contribution in [2.45, 2.75) is 59.7 Å². The van der Waals surface area contributed by atoms with Gasteiger partial charge in [0.05, 0.1) is 0 Å². The fourth-order valence-electron chi connectivity index (χ4n) is 1.36. The summed E-state index contributed by atoms with van der Waals surface area (Å²) in [6.45, 7) is 23.0. The Bertz CT molecular complexity index is 241. The van der Waals surface area contributed by atoms with E-state index in [4.69, 9.17) is 4.43 Å². The first-order valence-electron chi connectivity index (χ1n) is 6.31. The van der Waals surface area contributed by atoms with E-state index in [0.29, 0.717) is 16.9 Å². The van der Waals surface area contributed by atoms with E-state index in [0.717, 1.165) is 6.61 Å². The Labute approximate surface area is 103 Å².